The number of aryl methyl sites for hydroxylation is 2. The molecule has 1 heterocycles. The van der Waals surface area contributed by atoms with Crippen LogP contribution in [0.4, 0.5) is 0 Å². The summed E-state index contributed by atoms with van der Waals surface area (Å²) >= 11 is 6.16. The number of hydrogen-bond acceptors (Lipinski definition) is 3. The topological polar surface area (TPSA) is 51.8 Å². The van der Waals surface area contributed by atoms with Crippen LogP contribution in [0.1, 0.15) is 28.3 Å². The van der Waals surface area contributed by atoms with E-state index in [2.05, 4.69) is 9.97 Å². The average molecular weight is 276 g/mol. The van der Waals surface area contributed by atoms with E-state index < -0.39 is 0 Å². The molecule has 0 amide bonds. The fourth-order valence-electron chi connectivity index (χ4n) is 2.21. The van der Waals surface area contributed by atoms with Crippen molar-refractivity contribution in [3.05, 3.63) is 57.6 Å². The summed E-state index contributed by atoms with van der Waals surface area (Å²) < 4.78 is 0. The SMILES string of the molecule is Cc1nc(Cc2ccccc2Cl)nc(C)c1CCN. The second-order valence-electron chi connectivity index (χ2n) is 4.60. The van der Waals surface area contributed by atoms with Gasteiger partial charge in [0.25, 0.3) is 0 Å². The van der Waals surface area contributed by atoms with Crippen LogP contribution in [0, 0.1) is 13.8 Å². The summed E-state index contributed by atoms with van der Waals surface area (Å²) in [4.78, 5) is 9.13. The normalized spacial score (nSPS) is 10.7. The maximum atomic E-state index is 6.16. The van der Waals surface area contributed by atoms with E-state index in [-0.39, 0.29) is 0 Å². The van der Waals surface area contributed by atoms with Crippen molar-refractivity contribution < 1.29 is 0 Å². The van der Waals surface area contributed by atoms with Crippen LogP contribution in [0.5, 0.6) is 0 Å². The van der Waals surface area contributed by atoms with Crippen LogP contribution in [-0.4, -0.2) is 16.5 Å². The Kier molecular flexibility index (Phi) is 4.51. The summed E-state index contributed by atoms with van der Waals surface area (Å²) in [5, 5.41) is 0.757. The molecule has 100 valence electrons. The van der Waals surface area contributed by atoms with Crippen molar-refractivity contribution in [2.24, 2.45) is 5.73 Å². The summed E-state index contributed by atoms with van der Waals surface area (Å²) in [5.74, 6) is 0.809. The lowest BCUT2D eigenvalue weighted by molar-refractivity contribution is 0.851. The molecular formula is C15H18ClN3. The molecule has 4 heteroatoms. The van der Waals surface area contributed by atoms with Crippen molar-refractivity contribution in [3.8, 4) is 0 Å². The van der Waals surface area contributed by atoms with Gasteiger partial charge in [-0.3, -0.25) is 0 Å². The van der Waals surface area contributed by atoms with E-state index in [1.54, 1.807) is 0 Å². The lowest BCUT2D eigenvalue weighted by atomic mass is 10.1. The van der Waals surface area contributed by atoms with Crippen LogP contribution < -0.4 is 5.73 Å². The van der Waals surface area contributed by atoms with Crippen LogP contribution in [0.15, 0.2) is 24.3 Å². The van der Waals surface area contributed by atoms with Crippen LogP contribution in [0.2, 0.25) is 5.02 Å². The molecule has 0 saturated carbocycles. The molecule has 1 aromatic carbocycles. The molecule has 2 rings (SSSR count). The van der Waals surface area contributed by atoms with Crippen LogP contribution >= 0.6 is 11.6 Å². The molecule has 0 atom stereocenters. The highest BCUT2D eigenvalue weighted by Crippen LogP contribution is 2.19. The van der Waals surface area contributed by atoms with Crippen molar-refractivity contribution in [1.82, 2.24) is 9.97 Å². The maximum absolute atomic E-state index is 6.16. The van der Waals surface area contributed by atoms with Gasteiger partial charge in [0.15, 0.2) is 0 Å². The monoisotopic (exact) mass is 275 g/mol. The largest absolute Gasteiger partial charge is 0.330 e. The number of hydrogen-bond donors (Lipinski definition) is 1. The third-order valence-corrected chi connectivity index (χ3v) is 3.54. The van der Waals surface area contributed by atoms with Gasteiger partial charge in [-0.15, -0.1) is 0 Å². The van der Waals surface area contributed by atoms with Crippen LogP contribution in [-0.2, 0) is 12.8 Å². The zero-order chi connectivity index (χ0) is 13.8. The second-order valence-corrected chi connectivity index (χ2v) is 5.00. The Morgan fingerprint density at radius 1 is 1.11 bits per heavy atom. The summed E-state index contributed by atoms with van der Waals surface area (Å²) in [6, 6.07) is 7.79. The molecule has 1 aromatic heterocycles. The summed E-state index contributed by atoms with van der Waals surface area (Å²) in [6.45, 7) is 4.64. The zero-order valence-corrected chi connectivity index (χ0v) is 12.0. The molecule has 0 radical (unpaired) electrons. The Labute approximate surface area is 118 Å². The summed E-state index contributed by atoms with van der Waals surface area (Å²) in [6.07, 6.45) is 1.48. The zero-order valence-electron chi connectivity index (χ0n) is 11.3. The first-order valence-corrected chi connectivity index (χ1v) is 6.76. The van der Waals surface area contributed by atoms with E-state index in [4.69, 9.17) is 17.3 Å². The minimum Gasteiger partial charge on any atom is -0.330 e. The van der Waals surface area contributed by atoms with Gasteiger partial charge in [0, 0.05) is 22.8 Å². The number of rotatable bonds is 4. The van der Waals surface area contributed by atoms with Gasteiger partial charge in [-0.05, 0) is 44.0 Å². The number of nitrogens with zero attached hydrogens (tertiary/aromatic N) is 2. The van der Waals surface area contributed by atoms with E-state index in [0.29, 0.717) is 13.0 Å². The maximum Gasteiger partial charge on any atom is 0.133 e. The lowest BCUT2D eigenvalue weighted by Crippen LogP contribution is -2.10. The molecule has 0 fully saturated rings. The molecule has 0 aliphatic carbocycles. The Bertz CT molecular complexity index is 558. The van der Waals surface area contributed by atoms with Gasteiger partial charge >= 0.3 is 0 Å². The fourth-order valence-corrected chi connectivity index (χ4v) is 2.41. The first kappa shape index (κ1) is 14.0. The molecule has 0 saturated heterocycles. The second kappa shape index (κ2) is 6.13. The molecule has 2 N–H and O–H groups in total. The van der Waals surface area contributed by atoms with E-state index in [1.807, 2.05) is 38.1 Å². The van der Waals surface area contributed by atoms with Crippen molar-refractivity contribution in [1.29, 1.82) is 0 Å². The first-order chi connectivity index (χ1) is 9.11. The molecule has 0 unspecified atom stereocenters. The van der Waals surface area contributed by atoms with E-state index in [9.17, 15) is 0 Å². The van der Waals surface area contributed by atoms with Crippen molar-refractivity contribution in [2.45, 2.75) is 26.7 Å². The number of aromatic nitrogens is 2. The number of nitrogens with two attached hydrogens (primary N) is 1. The average Bonchev–Trinajstić information content (AvgIpc) is 2.37. The standard InChI is InChI=1S/C15H18ClN3/c1-10-13(7-8-17)11(2)19-15(18-10)9-12-5-3-4-6-14(12)16/h3-6H,7-9,17H2,1-2H3. The van der Waals surface area contributed by atoms with Gasteiger partial charge in [-0.25, -0.2) is 9.97 Å². The van der Waals surface area contributed by atoms with E-state index in [0.717, 1.165) is 39.8 Å². The fraction of sp³-hybridized carbons (Fsp3) is 0.333. The highest BCUT2D eigenvalue weighted by molar-refractivity contribution is 6.31. The number of halogens is 1. The third-order valence-electron chi connectivity index (χ3n) is 3.17. The summed E-state index contributed by atoms with van der Waals surface area (Å²) in [7, 11) is 0. The van der Waals surface area contributed by atoms with Crippen molar-refractivity contribution >= 4 is 11.6 Å². The third kappa shape index (κ3) is 3.31. The molecule has 0 aliphatic rings. The number of benzene rings is 1. The Morgan fingerprint density at radius 2 is 1.74 bits per heavy atom. The molecule has 0 bridgehead atoms. The molecule has 3 nitrogen and oxygen atoms in total. The van der Waals surface area contributed by atoms with E-state index in [1.165, 1.54) is 0 Å². The van der Waals surface area contributed by atoms with Gasteiger partial charge in [0.2, 0.25) is 0 Å². The minimum atomic E-state index is 0.620. The Morgan fingerprint density at radius 3 is 2.32 bits per heavy atom. The molecule has 19 heavy (non-hydrogen) atoms. The minimum absolute atomic E-state index is 0.620. The Balaban J connectivity index is 2.30. The quantitative estimate of drug-likeness (QED) is 0.933. The first-order valence-electron chi connectivity index (χ1n) is 6.38. The van der Waals surface area contributed by atoms with Crippen molar-refractivity contribution in [2.75, 3.05) is 6.54 Å². The van der Waals surface area contributed by atoms with Gasteiger partial charge in [-0.2, -0.15) is 0 Å². The molecule has 0 spiro atoms. The van der Waals surface area contributed by atoms with Crippen LogP contribution in [0.25, 0.3) is 0 Å². The molecule has 0 aliphatic heterocycles. The predicted octanol–water partition coefficient (Wildman–Crippen LogP) is 2.84. The molecular weight excluding hydrogens is 258 g/mol. The van der Waals surface area contributed by atoms with Gasteiger partial charge < -0.3 is 5.73 Å². The van der Waals surface area contributed by atoms with Gasteiger partial charge in [-0.1, -0.05) is 29.8 Å². The predicted molar refractivity (Wildman–Crippen MR) is 78.5 cm³/mol. The van der Waals surface area contributed by atoms with Crippen LogP contribution in [0.3, 0.4) is 0 Å². The lowest BCUT2D eigenvalue weighted by Gasteiger charge is -2.10. The smallest absolute Gasteiger partial charge is 0.133 e. The highest BCUT2D eigenvalue weighted by atomic mass is 35.5. The Hall–Kier alpha value is -1.45. The van der Waals surface area contributed by atoms with Crippen molar-refractivity contribution in [3.63, 3.8) is 0 Å². The van der Waals surface area contributed by atoms with Gasteiger partial charge in [0.05, 0.1) is 0 Å². The highest BCUT2D eigenvalue weighted by Gasteiger charge is 2.09. The van der Waals surface area contributed by atoms with Gasteiger partial charge in [0.1, 0.15) is 5.82 Å². The summed E-state index contributed by atoms with van der Waals surface area (Å²) in [5.41, 5.74) is 9.84. The van der Waals surface area contributed by atoms with E-state index >= 15 is 0 Å². The molecule has 2 aromatic rings.